The second kappa shape index (κ2) is 5.53. The molecule has 2 aromatic rings. The van der Waals surface area contributed by atoms with E-state index in [4.69, 9.17) is 12.2 Å². The van der Waals surface area contributed by atoms with E-state index in [1.165, 1.54) is 6.92 Å². The lowest BCUT2D eigenvalue weighted by molar-refractivity contribution is -0.117. The maximum atomic E-state index is 10.7. The average Bonchev–Trinajstić information content (AvgIpc) is 2.70. The van der Waals surface area contributed by atoms with E-state index >= 15 is 0 Å². The lowest BCUT2D eigenvalue weighted by atomic mass is 10.2. The first-order valence-electron chi connectivity index (χ1n) is 5.47. The Morgan fingerprint density at radius 3 is 3.11 bits per heavy atom. The van der Waals surface area contributed by atoms with E-state index in [9.17, 15) is 4.79 Å². The quantitative estimate of drug-likeness (QED) is 0.424. The van der Waals surface area contributed by atoms with Crippen molar-refractivity contribution in [3.8, 4) is 0 Å². The van der Waals surface area contributed by atoms with E-state index in [1.807, 2.05) is 13.0 Å². The van der Waals surface area contributed by atoms with Crippen LogP contribution < -0.4 is 10.7 Å². The predicted octanol–water partition coefficient (Wildman–Crippen LogP) is 0.611. The maximum Gasteiger partial charge on any atom is 0.223 e. The summed E-state index contributed by atoms with van der Waals surface area (Å²) in [6, 6.07) is 1.91. The molecule has 3 N–H and O–H groups in total. The van der Waals surface area contributed by atoms with E-state index in [0.29, 0.717) is 5.65 Å². The Balaban J connectivity index is 2.06. The van der Waals surface area contributed by atoms with Gasteiger partial charge in [0.1, 0.15) is 0 Å². The first-order chi connectivity index (χ1) is 9.06. The van der Waals surface area contributed by atoms with Gasteiger partial charge < -0.3 is 5.32 Å². The van der Waals surface area contributed by atoms with Gasteiger partial charge in [0, 0.05) is 29.8 Å². The molecular weight excluding hydrogens is 264 g/mol. The van der Waals surface area contributed by atoms with Crippen LogP contribution in [-0.4, -0.2) is 32.4 Å². The molecule has 8 heteroatoms. The summed E-state index contributed by atoms with van der Waals surface area (Å²) >= 11 is 4.84. The Morgan fingerprint density at radius 1 is 1.58 bits per heavy atom. The third-order valence-electron chi connectivity index (χ3n) is 2.29. The van der Waals surface area contributed by atoms with Crippen LogP contribution >= 0.6 is 12.2 Å². The van der Waals surface area contributed by atoms with Crippen LogP contribution in [0.5, 0.6) is 0 Å². The molecule has 98 valence electrons. The van der Waals surface area contributed by atoms with E-state index in [-0.39, 0.29) is 11.0 Å². The van der Waals surface area contributed by atoms with E-state index in [0.717, 1.165) is 16.6 Å². The number of thiocarbonyl (C=S) groups is 1. The highest BCUT2D eigenvalue weighted by Crippen LogP contribution is 2.13. The number of hydrogen-bond donors (Lipinski definition) is 3. The van der Waals surface area contributed by atoms with Crippen LogP contribution in [0.4, 0.5) is 0 Å². The first kappa shape index (κ1) is 13.1. The fourth-order valence-electron chi connectivity index (χ4n) is 1.46. The van der Waals surface area contributed by atoms with Crippen LogP contribution in [0.3, 0.4) is 0 Å². The molecular formula is C11H12N6OS. The van der Waals surface area contributed by atoms with E-state index < -0.39 is 0 Å². The number of pyridine rings is 1. The zero-order valence-electron chi connectivity index (χ0n) is 10.4. The molecule has 0 fully saturated rings. The van der Waals surface area contributed by atoms with Gasteiger partial charge in [-0.05, 0) is 25.2 Å². The largest absolute Gasteiger partial charge is 0.302 e. The molecule has 1 amide bonds. The van der Waals surface area contributed by atoms with Crippen LogP contribution in [0, 0.1) is 6.92 Å². The van der Waals surface area contributed by atoms with Crippen molar-refractivity contribution < 1.29 is 4.79 Å². The molecule has 0 bridgehead atoms. The monoisotopic (exact) mass is 276 g/mol. The highest BCUT2D eigenvalue weighted by molar-refractivity contribution is 7.80. The number of rotatable bonds is 2. The van der Waals surface area contributed by atoms with Gasteiger partial charge in [0.15, 0.2) is 10.8 Å². The standard InChI is InChI=1S/C11H12N6OS/c1-6-9-3-8(4-12-10(9)16-15-6)5-13-17-11(19)14-7(2)18/h3-5H,1-2H3,(H,12,15,16)(H2,14,17,18,19)/b13-5-. The molecule has 7 nitrogen and oxygen atoms in total. The number of carbonyl (C=O) groups excluding carboxylic acids is 1. The van der Waals surface area contributed by atoms with Gasteiger partial charge in [-0.3, -0.25) is 15.3 Å². The number of fused-ring (bicyclic) bond motifs is 1. The highest BCUT2D eigenvalue weighted by Gasteiger charge is 2.02. The number of aromatic amines is 1. The average molecular weight is 276 g/mol. The number of hydrazone groups is 1. The zero-order chi connectivity index (χ0) is 13.8. The maximum absolute atomic E-state index is 10.7. The zero-order valence-corrected chi connectivity index (χ0v) is 11.2. The summed E-state index contributed by atoms with van der Waals surface area (Å²) in [5.41, 5.74) is 4.95. The Labute approximate surface area is 114 Å². The molecule has 0 atom stereocenters. The summed E-state index contributed by atoms with van der Waals surface area (Å²) in [6.45, 7) is 3.29. The molecule has 2 heterocycles. The van der Waals surface area contributed by atoms with E-state index in [2.05, 4.69) is 31.0 Å². The number of hydrogen-bond acceptors (Lipinski definition) is 5. The van der Waals surface area contributed by atoms with E-state index in [1.54, 1.807) is 12.4 Å². The van der Waals surface area contributed by atoms with Crippen molar-refractivity contribution in [3.63, 3.8) is 0 Å². The Morgan fingerprint density at radius 2 is 2.37 bits per heavy atom. The minimum Gasteiger partial charge on any atom is -0.302 e. The second-order valence-corrected chi connectivity index (χ2v) is 4.28. The lowest BCUT2D eigenvalue weighted by Gasteiger charge is -2.01. The molecule has 19 heavy (non-hydrogen) atoms. The van der Waals surface area contributed by atoms with Crippen LogP contribution in [-0.2, 0) is 4.79 Å². The minimum absolute atomic E-state index is 0.150. The van der Waals surface area contributed by atoms with Gasteiger partial charge in [0.2, 0.25) is 5.91 Å². The van der Waals surface area contributed by atoms with Crippen LogP contribution in [0.2, 0.25) is 0 Å². The normalized spacial score (nSPS) is 10.8. The number of amides is 1. The van der Waals surface area contributed by atoms with Gasteiger partial charge >= 0.3 is 0 Å². The van der Waals surface area contributed by atoms with Crippen molar-refractivity contribution in [2.24, 2.45) is 5.10 Å². The number of aryl methyl sites for hydroxylation is 1. The third kappa shape index (κ3) is 3.32. The Hall–Kier alpha value is -2.35. The number of nitrogens with one attached hydrogen (secondary N) is 3. The molecule has 0 aliphatic carbocycles. The molecule has 0 saturated carbocycles. The third-order valence-corrected chi connectivity index (χ3v) is 2.48. The van der Waals surface area contributed by atoms with Gasteiger partial charge in [0.25, 0.3) is 0 Å². The molecule has 2 rings (SSSR count). The summed E-state index contributed by atoms with van der Waals surface area (Å²) in [5, 5.41) is 14.3. The molecule has 0 aliphatic heterocycles. The summed E-state index contributed by atoms with van der Waals surface area (Å²) in [4.78, 5) is 14.9. The summed E-state index contributed by atoms with van der Waals surface area (Å²) in [7, 11) is 0. The number of H-pyrrole nitrogens is 1. The number of aromatic nitrogens is 3. The lowest BCUT2D eigenvalue weighted by Crippen LogP contribution is -2.35. The Bertz CT molecular complexity index is 662. The molecule has 0 aliphatic rings. The highest BCUT2D eigenvalue weighted by atomic mass is 32.1. The van der Waals surface area contributed by atoms with Gasteiger partial charge in [0.05, 0.1) is 6.21 Å². The molecule has 2 aromatic heterocycles. The Kier molecular flexibility index (Phi) is 3.81. The minimum atomic E-state index is -0.246. The summed E-state index contributed by atoms with van der Waals surface area (Å²) in [6.07, 6.45) is 3.21. The molecule has 0 spiro atoms. The van der Waals surface area contributed by atoms with Gasteiger partial charge in [-0.25, -0.2) is 4.98 Å². The van der Waals surface area contributed by atoms with Crippen LogP contribution in [0.15, 0.2) is 17.4 Å². The number of carbonyl (C=O) groups is 1. The summed E-state index contributed by atoms with van der Waals surface area (Å²) < 4.78 is 0. The molecule has 0 aromatic carbocycles. The summed E-state index contributed by atoms with van der Waals surface area (Å²) in [5.74, 6) is -0.246. The second-order valence-electron chi connectivity index (χ2n) is 3.87. The first-order valence-corrected chi connectivity index (χ1v) is 5.88. The molecule has 0 unspecified atom stereocenters. The molecule has 0 saturated heterocycles. The topological polar surface area (TPSA) is 95.1 Å². The van der Waals surface area contributed by atoms with Crippen molar-refractivity contribution in [2.45, 2.75) is 13.8 Å². The number of nitrogens with zero attached hydrogens (tertiary/aromatic N) is 3. The fourth-order valence-corrected chi connectivity index (χ4v) is 1.66. The van der Waals surface area contributed by atoms with Crippen molar-refractivity contribution in [3.05, 3.63) is 23.5 Å². The predicted molar refractivity (Wildman–Crippen MR) is 75.8 cm³/mol. The SMILES string of the molecule is CC(=O)NC(=S)N/N=C\c1cnc2n[nH]c(C)c2c1. The molecule has 0 radical (unpaired) electrons. The van der Waals surface area contributed by atoms with Gasteiger partial charge in [-0.1, -0.05) is 0 Å². The van der Waals surface area contributed by atoms with Gasteiger partial charge in [-0.2, -0.15) is 10.2 Å². The van der Waals surface area contributed by atoms with Crippen molar-refractivity contribution in [1.29, 1.82) is 0 Å². The van der Waals surface area contributed by atoms with Crippen LogP contribution in [0.1, 0.15) is 18.2 Å². The van der Waals surface area contributed by atoms with Crippen molar-refractivity contribution in [1.82, 2.24) is 25.9 Å². The fraction of sp³-hybridized carbons (Fsp3) is 0.182. The van der Waals surface area contributed by atoms with Gasteiger partial charge in [-0.15, -0.1) is 0 Å². The van der Waals surface area contributed by atoms with Crippen LogP contribution in [0.25, 0.3) is 11.0 Å². The van der Waals surface area contributed by atoms with Crippen molar-refractivity contribution in [2.75, 3.05) is 0 Å². The van der Waals surface area contributed by atoms with Crippen molar-refractivity contribution >= 4 is 40.5 Å². The smallest absolute Gasteiger partial charge is 0.223 e.